The number of guanidine groups is 1. The van der Waals surface area contributed by atoms with E-state index in [1.807, 2.05) is 5.32 Å². The van der Waals surface area contributed by atoms with Gasteiger partial charge in [0, 0.05) is 25.9 Å². The Labute approximate surface area is 576 Å². The van der Waals surface area contributed by atoms with Gasteiger partial charge in [0.2, 0.25) is 88.6 Å². The Kier molecular flexibility index (Phi) is 39.2. The maximum absolute atomic E-state index is 14.4. The molecule has 1 aliphatic heterocycles. The number of nitrogens with one attached hydrogen (secondary N) is 11. The summed E-state index contributed by atoms with van der Waals surface area (Å²) < 4.78 is 0. The van der Waals surface area contributed by atoms with Crippen LogP contribution in [0.5, 0.6) is 0 Å². The second-order valence-electron chi connectivity index (χ2n) is 23.7. The molecule has 0 saturated carbocycles. The summed E-state index contributed by atoms with van der Waals surface area (Å²) in [5.74, 6) is -24.0. The fourth-order valence-electron chi connectivity index (χ4n) is 9.61. The average molecular weight is 1440 g/mol. The average Bonchev–Trinajstić information content (AvgIpc) is 1.74. The molecule has 12 atom stereocenters. The van der Waals surface area contributed by atoms with Crippen molar-refractivity contribution in [3.05, 3.63) is 0 Å². The van der Waals surface area contributed by atoms with Crippen LogP contribution in [0.3, 0.4) is 0 Å². The van der Waals surface area contributed by atoms with Crippen LogP contribution in [-0.2, 0) is 91.1 Å². The highest BCUT2D eigenvalue weighted by atomic mass is 16.4. The first-order valence-electron chi connectivity index (χ1n) is 31.7. The molecule has 0 aliphatic carbocycles. The molecular weight excluding hydrogens is 1350 g/mol. The van der Waals surface area contributed by atoms with Crippen molar-refractivity contribution in [2.24, 2.45) is 51.0 Å². The van der Waals surface area contributed by atoms with Crippen molar-refractivity contribution in [2.45, 2.75) is 196 Å². The maximum Gasteiger partial charge on any atom is 0.326 e. The molecular formula is C57H94N20O24. The quantitative estimate of drug-likeness (QED) is 0.0153. The lowest BCUT2D eigenvalue weighted by molar-refractivity contribution is -0.147. The fraction of sp³-hybridized carbons (Fsp3) is 0.649. The molecule has 1 saturated heterocycles. The predicted octanol–water partition coefficient (Wildman–Crippen LogP) is -11.6. The second-order valence-corrected chi connectivity index (χ2v) is 23.7. The Morgan fingerprint density at radius 1 is 0.475 bits per heavy atom. The number of hydrogen-bond acceptors (Lipinski definition) is 23. The summed E-state index contributed by atoms with van der Waals surface area (Å²) in [6.07, 6.45) is -6.70. The molecule has 566 valence electrons. The molecule has 44 heteroatoms. The molecule has 0 aromatic heterocycles. The largest absolute Gasteiger partial charge is 0.481 e. The molecule has 1 aliphatic rings. The number of hydrogen-bond donors (Lipinski definition) is 23. The third-order valence-electron chi connectivity index (χ3n) is 14.7. The first-order chi connectivity index (χ1) is 47.2. The van der Waals surface area contributed by atoms with Gasteiger partial charge in [-0.05, 0) is 83.6 Å². The summed E-state index contributed by atoms with van der Waals surface area (Å²) in [6, 6.07) is -20.6. The van der Waals surface area contributed by atoms with Crippen LogP contribution < -0.4 is 98.6 Å². The van der Waals surface area contributed by atoms with Crippen molar-refractivity contribution >= 4 is 118 Å². The highest BCUT2D eigenvalue weighted by Crippen LogP contribution is 2.21. The van der Waals surface area contributed by atoms with Gasteiger partial charge in [0.1, 0.15) is 66.5 Å². The van der Waals surface area contributed by atoms with Crippen LogP contribution in [0.4, 0.5) is 0 Å². The summed E-state index contributed by atoms with van der Waals surface area (Å²) in [4.78, 5) is 251. The van der Waals surface area contributed by atoms with E-state index in [1.54, 1.807) is 13.8 Å². The molecule has 0 aromatic rings. The molecule has 30 N–H and O–H groups in total. The number of aliphatic hydroxyl groups excluding tert-OH is 1. The van der Waals surface area contributed by atoms with Gasteiger partial charge in [-0.25, -0.2) is 4.79 Å². The molecule has 0 spiro atoms. The van der Waals surface area contributed by atoms with Crippen LogP contribution in [-0.4, -0.2) is 254 Å². The Bertz CT molecular complexity index is 3040. The van der Waals surface area contributed by atoms with Gasteiger partial charge in [-0.2, -0.15) is 0 Å². The Balaban J connectivity index is 3.48. The lowest BCUT2D eigenvalue weighted by Gasteiger charge is -2.30. The van der Waals surface area contributed by atoms with Gasteiger partial charge in [-0.1, -0.05) is 13.8 Å². The van der Waals surface area contributed by atoms with Crippen LogP contribution >= 0.6 is 0 Å². The van der Waals surface area contributed by atoms with Crippen molar-refractivity contribution in [2.75, 3.05) is 32.8 Å². The van der Waals surface area contributed by atoms with E-state index in [9.17, 15) is 112 Å². The first-order valence-corrected chi connectivity index (χ1v) is 31.7. The van der Waals surface area contributed by atoms with E-state index in [4.69, 9.17) is 45.2 Å². The van der Waals surface area contributed by atoms with E-state index >= 15 is 0 Å². The van der Waals surface area contributed by atoms with Gasteiger partial charge in [-0.3, -0.25) is 91.3 Å². The number of nitrogens with two attached hydrogens (primary N) is 7. The molecule has 1 fully saturated rings. The van der Waals surface area contributed by atoms with E-state index in [2.05, 4.69) is 58.2 Å². The Morgan fingerprint density at radius 2 is 0.950 bits per heavy atom. The summed E-state index contributed by atoms with van der Waals surface area (Å²) >= 11 is 0. The number of carboxylic acids is 4. The third-order valence-corrected chi connectivity index (χ3v) is 14.7. The van der Waals surface area contributed by atoms with Gasteiger partial charge in [-0.15, -0.1) is 0 Å². The molecule has 0 radical (unpaired) electrons. The number of rotatable bonds is 49. The normalized spacial score (nSPS) is 15.7. The van der Waals surface area contributed by atoms with Crippen molar-refractivity contribution in [1.29, 1.82) is 0 Å². The molecule has 44 nitrogen and oxygen atoms in total. The van der Waals surface area contributed by atoms with Crippen LogP contribution in [0.2, 0.25) is 0 Å². The molecule has 0 aromatic carbocycles. The number of carbonyl (C=O) groups is 19. The van der Waals surface area contributed by atoms with Crippen LogP contribution in [0.1, 0.15) is 124 Å². The Morgan fingerprint density at radius 3 is 1.49 bits per heavy atom. The number of aliphatic hydroxyl groups is 1. The summed E-state index contributed by atoms with van der Waals surface area (Å²) in [5, 5.41) is 72.1. The molecule has 1 heterocycles. The summed E-state index contributed by atoms with van der Waals surface area (Å²) in [6.45, 7) is 2.06. The minimum absolute atomic E-state index is 0.0107. The highest BCUT2D eigenvalue weighted by Gasteiger charge is 2.41. The number of primary amides is 3. The molecule has 1 rings (SSSR count). The smallest absolute Gasteiger partial charge is 0.326 e. The van der Waals surface area contributed by atoms with E-state index in [-0.39, 0.29) is 82.9 Å². The molecule has 15 amide bonds. The minimum Gasteiger partial charge on any atom is -0.481 e. The number of amides is 15. The SMILES string of the molecule is CC(C)C[C@H](NC(=O)[C@@H](N)CC(N)=O)C(=O)N[C@@H](CCC(N)=O)C(=O)N[C@@H](CCCCN)C(=O)N[C@@H](CC(=O)O)C(=O)N[C@@H](CCC(=O)O)C(=O)N1CCC[C@H]1C(=O)N[C@@H](CC(N)=O)C(=O)NCC(=O)N[C@@H](CCCN=C(N)N)C(=O)N[C@@H](C)C(=O)N[C@@H](CO)C(=O)N[C@@H](CC(=O)O)C(=O)O. The van der Waals surface area contributed by atoms with E-state index in [0.29, 0.717) is 0 Å². The van der Waals surface area contributed by atoms with Crippen molar-refractivity contribution in [1.82, 2.24) is 63.4 Å². The minimum atomic E-state index is -2.11. The lowest BCUT2D eigenvalue weighted by atomic mass is 10.0. The third kappa shape index (κ3) is 34.4. The first kappa shape index (κ1) is 88.1. The zero-order valence-corrected chi connectivity index (χ0v) is 55.8. The van der Waals surface area contributed by atoms with Gasteiger partial charge in [0.05, 0.1) is 44.9 Å². The second kappa shape index (κ2) is 44.9. The van der Waals surface area contributed by atoms with Crippen LogP contribution in [0.15, 0.2) is 4.99 Å². The molecule has 0 bridgehead atoms. The fourth-order valence-corrected chi connectivity index (χ4v) is 9.61. The van der Waals surface area contributed by atoms with Crippen LogP contribution in [0.25, 0.3) is 0 Å². The number of aliphatic carboxylic acids is 4. The van der Waals surface area contributed by atoms with Crippen LogP contribution in [0, 0.1) is 5.92 Å². The molecule has 101 heavy (non-hydrogen) atoms. The summed E-state index contributed by atoms with van der Waals surface area (Å²) in [7, 11) is 0. The van der Waals surface area contributed by atoms with Crippen molar-refractivity contribution < 1.29 is 117 Å². The number of carboxylic acid groups (broad SMARTS) is 4. The van der Waals surface area contributed by atoms with E-state index in [1.165, 1.54) is 0 Å². The Hall–Kier alpha value is -10.9. The van der Waals surface area contributed by atoms with Crippen molar-refractivity contribution in [3.8, 4) is 0 Å². The number of unbranched alkanes of at least 4 members (excludes halogenated alkanes) is 1. The topological polar surface area (TPSA) is 756 Å². The number of nitrogens with zero attached hydrogens (tertiary/aromatic N) is 2. The highest BCUT2D eigenvalue weighted by molar-refractivity contribution is 6.01. The van der Waals surface area contributed by atoms with E-state index < -0.39 is 250 Å². The van der Waals surface area contributed by atoms with E-state index in [0.717, 1.165) is 11.8 Å². The zero-order valence-electron chi connectivity index (χ0n) is 55.8. The van der Waals surface area contributed by atoms with Gasteiger partial charge >= 0.3 is 23.9 Å². The predicted molar refractivity (Wildman–Crippen MR) is 345 cm³/mol. The lowest BCUT2D eigenvalue weighted by Crippen LogP contribution is -2.60. The summed E-state index contributed by atoms with van der Waals surface area (Å²) in [5.41, 5.74) is 38.1. The van der Waals surface area contributed by atoms with Crippen molar-refractivity contribution in [3.63, 3.8) is 0 Å². The standard InChI is InChI=1S/C57H94N20O24/c1-25(2)18-32(72-46(90)27(59)19-39(61)80)51(95)70-30(11-13-38(60)79)50(94)69-29(8-4-5-15-58)49(93)73-34(21-43(85)86)52(96)71-31(12-14-42(83)84)55(99)77-17-7-10-37(77)54(98)74-33(20-40(62)81)47(91)66-23-41(82)68-28(9-6-16-65-57(63)64)48(92)67-26(3)45(89)76-36(24-78)53(97)75-35(56(100)101)22-44(87)88/h25-37,78H,4-24,58-59H2,1-3H3,(H2,60,79)(H2,61,80)(H2,62,81)(H,66,91)(H,67,92)(H,68,82)(H,69,94)(H,70,95)(H,71,96)(H,72,90)(H,73,93)(H,74,98)(H,75,97)(H,76,89)(H,83,84)(H,85,86)(H,87,88)(H,100,101)(H4,63,64,65)/t26-,27-,28-,29-,30-,31-,32-,33-,34-,35-,36-,37-/m0/s1. The monoisotopic (exact) mass is 1440 g/mol. The zero-order chi connectivity index (χ0) is 77.0. The molecule has 0 unspecified atom stereocenters. The maximum atomic E-state index is 14.4. The van der Waals surface area contributed by atoms with Gasteiger partial charge < -0.3 is 129 Å². The van der Waals surface area contributed by atoms with Gasteiger partial charge in [0.25, 0.3) is 0 Å². The number of likely N-dealkylation sites (tertiary alicyclic amines) is 1. The number of aliphatic imine (C=N–C) groups is 1. The number of carbonyl (C=O) groups excluding carboxylic acids is 15. The van der Waals surface area contributed by atoms with Gasteiger partial charge in [0.15, 0.2) is 5.96 Å².